The number of fused-ring (bicyclic) bond motifs is 1. The zero-order valence-corrected chi connectivity index (χ0v) is 11.2. The number of thioether (sulfide) groups is 1. The molecule has 96 valence electrons. The predicted octanol–water partition coefficient (Wildman–Crippen LogP) is 3.63. The molecule has 1 atom stereocenters. The molecule has 0 bridgehead atoms. The number of benzene rings is 2. The standard InChI is InChI=1S/C15H13NO2S/c1-19-15-16-9-13(18-15)14(17)12-7-6-10-4-2-3-5-11(10)8-12/h2-9,14,17H,1H3. The van der Waals surface area contributed by atoms with E-state index >= 15 is 0 Å². The lowest BCUT2D eigenvalue weighted by Gasteiger charge is -2.08. The van der Waals surface area contributed by atoms with Gasteiger partial charge in [0.25, 0.3) is 5.22 Å². The monoisotopic (exact) mass is 271 g/mol. The minimum absolute atomic E-state index is 0.472. The molecule has 0 fully saturated rings. The first-order chi connectivity index (χ1) is 9.28. The summed E-state index contributed by atoms with van der Waals surface area (Å²) >= 11 is 1.42. The smallest absolute Gasteiger partial charge is 0.255 e. The quantitative estimate of drug-likeness (QED) is 0.739. The third-order valence-electron chi connectivity index (χ3n) is 3.04. The van der Waals surface area contributed by atoms with Crippen molar-refractivity contribution in [1.82, 2.24) is 4.98 Å². The number of aliphatic hydroxyl groups excluding tert-OH is 1. The lowest BCUT2D eigenvalue weighted by molar-refractivity contribution is 0.182. The number of rotatable bonds is 3. The molecule has 2 aromatic carbocycles. The molecule has 0 aliphatic rings. The van der Waals surface area contributed by atoms with Crippen LogP contribution >= 0.6 is 11.8 Å². The van der Waals surface area contributed by atoms with Gasteiger partial charge in [-0.05, 0) is 28.7 Å². The van der Waals surface area contributed by atoms with Crippen LogP contribution in [0.4, 0.5) is 0 Å². The summed E-state index contributed by atoms with van der Waals surface area (Å²) in [5.74, 6) is 0.472. The van der Waals surface area contributed by atoms with Crippen LogP contribution in [0.25, 0.3) is 10.8 Å². The molecule has 19 heavy (non-hydrogen) atoms. The highest BCUT2D eigenvalue weighted by molar-refractivity contribution is 7.98. The van der Waals surface area contributed by atoms with E-state index in [1.807, 2.05) is 48.7 Å². The summed E-state index contributed by atoms with van der Waals surface area (Å²) in [5.41, 5.74) is 0.808. The van der Waals surface area contributed by atoms with E-state index in [0.717, 1.165) is 16.3 Å². The first kappa shape index (κ1) is 12.3. The Balaban J connectivity index is 1.98. The molecule has 0 aliphatic carbocycles. The van der Waals surface area contributed by atoms with Gasteiger partial charge >= 0.3 is 0 Å². The van der Waals surface area contributed by atoms with Gasteiger partial charge in [-0.2, -0.15) is 0 Å². The number of nitrogens with zero attached hydrogens (tertiary/aromatic N) is 1. The van der Waals surface area contributed by atoms with Crippen molar-refractivity contribution < 1.29 is 9.52 Å². The number of aromatic nitrogens is 1. The van der Waals surface area contributed by atoms with Crippen LogP contribution in [0.2, 0.25) is 0 Å². The summed E-state index contributed by atoms with van der Waals surface area (Å²) in [5, 5.41) is 13.1. The fourth-order valence-corrected chi connectivity index (χ4v) is 2.37. The van der Waals surface area contributed by atoms with Crippen molar-refractivity contribution >= 4 is 22.5 Å². The maximum absolute atomic E-state index is 10.3. The normalized spacial score (nSPS) is 12.7. The molecule has 0 amide bonds. The predicted molar refractivity (Wildman–Crippen MR) is 76.3 cm³/mol. The number of oxazole rings is 1. The van der Waals surface area contributed by atoms with Gasteiger partial charge in [-0.1, -0.05) is 48.2 Å². The van der Waals surface area contributed by atoms with E-state index in [2.05, 4.69) is 4.98 Å². The lowest BCUT2D eigenvalue weighted by Crippen LogP contribution is -1.97. The van der Waals surface area contributed by atoms with Gasteiger partial charge in [0.2, 0.25) is 0 Å². The molecule has 1 aromatic heterocycles. The molecule has 4 heteroatoms. The zero-order valence-electron chi connectivity index (χ0n) is 10.4. The second kappa shape index (κ2) is 5.07. The Hall–Kier alpha value is -1.78. The number of hydrogen-bond donors (Lipinski definition) is 1. The van der Waals surface area contributed by atoms with E-state index in [0.29, 0.717) is 11.0 Å². The third-order valence-corrected chi connectivity index (χ3v) is 3.57. The van der Waals surface area contributed by atoms with E-state index in [1.54, 1.807) is 6.20 Å². The fraction of sp³-hybridized carbons (Fsp3) is 0.133. The van der Waals surface area contributed by atoms with E-state index in [9.17, 15) is 5.11 Å². The Morgan fingerprint density at radius 3 is 2.68 bits per heavy atom. The second-order valence-electron chi connectivity index (χ2n) is 4.24. The van der Waals surface area contributed by atoms with E-state index < -0.39 is 6.10 Å². The average Bonchev–Trinajstić information content (AvgIpc) is 2.95. The van der Waals surface area contributed by atoms with Gasteiger partial charge in [-0.25, -0.2) is 4.98 Å². The minimum Gasteiger partial charge on any atom is -0.433 e. The molecule has 0 radical (unpaired) electrons. The van der Waals surface area contributed by atoms with Crippen LogP contribution in [0.15, 0.2) is 58.3 Å². The molecule has 1 heterocycles. The Morgan fingerprint density at radius 1 is 1.16 bits per heavy atom. The van der Waals surface area contributed by atoms with Gasteiger partial charge < -0.3 is 9.52 Å². The Bertz CT molecular complexity index is 708. The summed E-state index contributed by atoms with van der Waals surface area (Å²) < 4.78 is 5.46. The van der Waals surface area contributed by atoms with Crippen LogP contribution in [0, 0.1) is 0 Å². The summed E-state index contributed by atoms with van der Waals surface area (Å²) in [6.07, 6.45) is 2.68. The summed E-state index contributed by atoms with van der Waals surface area (Å²) in [7, 11) is 0. The van der Waals surface area contributed by atoms with Crippen molar-refractivity contribution in [2.45, 2.75) is 11.3 Å². The lowest BCUT2D eigenvalue weighted by atomic mass is 10.0. The molecular weight excluding hydrogens is 258 g/mol. The van der Waals surface area contributed by atoms with Crippen molar-refractivity contribution in [1.29, 1.82) is 0 Å². The van der Waals surface area contributed by atoms with Crippen molar-refractivity contribution in [2.24, 2.45) is 0 Å². The van der Waals surface area contributed by atoms with Crippen LogP contribution in [0.1, 0.15) is 17.4 Å². The average molecular weight is 271 g/mol. The van der Waals surface area contributed by atoms with E-state index in [-0.39, 0.29) is 0 Å². The highest BCUT2D eigenvalue weighted by Gasteiger charge is 2.15. The van der Waals surface area contributed by atoms with Crippen molar-refractivity contribution in [3.8, 4) is 0 Å². The molecule has 1 N–H and O–H groups in total. The van der Waals surface area contributed by atoms with Crippen molar-refractivity contribution in [3.63, 3.8) is 0 Å². The van der Waals surface area contributed by atoms with Crippen molar-refractivity contribution in [2.75, 3.05) is 6.26 Å². The van der Waals surface area contributed by atoms with Crippen LogP contribution in [0.5, 0.6) is 0 Å². The Kier molecular flexibility index (Phi) is 3.27. The van der Waals surface area contributed by atoms with E-state index in [4.69, 9.17) is 4.42 Å². The molecular formula is C15H13NO2S. The van der Waals surface area contributed by atoms with Crippen LogP contribution < -0.4 is 0 Å². The number of hydrogen-bond acceptors (Lipinski definition) is 4. The largest absolute Gasteiger partial charge is 0.433 e. The molecule has 1 unspecified atom stereocenters. The first-order valence-electron chi connectivity index (χ1n) is 5.94. The van der Waals surface area contributed by atoms with Gasteiger partial charge in [0, 0.05) is 0 Å². The fourth-order valence-electron chi connectivity index (χ4n) is 2.03. The van der Waals surface area contributed by atoms with E-state index in [1.165, 1.54) is 11.8 Å². The zero-order chi connectivity index (χ0) is 13.2. The summed E-state index contributed by atoms with van der Waals surface area (Å²) in [6, 6.07) is 13.9. The molecule has 0 aliphatic heterocycles. The Labute approximate surface area is 115 Å². The second-order valence-corrected chi connectivity index (χ2v) is 5.00. The summed E-state index contributed by atoms with van der Waals surface area (Å²) in [6.45, 7) is 0. The van der Waals surface area contributed by atoms with Crippen LogP contribution in [0.3, 0.4) is 0 Å². The summed E-state index contributed by atoms with van der Waals surface area (Å²) in [4.78, 5) is 4.08. The van der Waals surface area contributed by atoms with Gasteiger partial charge in [-0.3, -0.25) is 0 Å². The van der Waals surface area contributed by atoms with Gasteiger partial charge in [0.1, 0.15) is 6.10 Å². The molecule has 3 nitrogen and oxygen atoms in total. The van der Waals surface area contributed by atoms with Gasteiger partial charge in [0.05, 0.1) is 6.20 Å². The van der Waals surface area contributed by atoms with Crippen LogP contribution in [-0.4, -0.2) is 16.3 Å². The molecule has 3 aromatic rings. The molecule has 0 spiro atoms. The third kappa shape index (κ3) is 2.37. The minimum atomic E-state index is -0.780. The van der Waals surface area contributed by atoms with Crippen molar-refractivity contribution in [3.05, 3.63) is 60.0 Å². The van der Waals surface area contributed by atoms with Gasteiger partial charge in [-0.15, -0.1) is 0 Å². The highest BCUT2D eigenvalue weighted by atomic mass is 32.2. The van der Waals surface area contributed by atoms with Crippen LogP contribution in [-0.2, 0) is 0 Å². The maximum Gasteiger partial charge on any atom is 0.255 e. The topological polar surface area (TPSA) is 46.3 Å². The van der Waals surface area contributed by atoms with Gasteiger partial charge in [0.15, 0.2) is 5.76 Å². The molecule has 0 saturated carbocycles. The molecule has 0 saturated heterocycles. The number of aliphatic hydroxyl groups is 1. The Morgan fingerprint density at radius 2 is 1.95 bits per heavy atom. The molecule has 3 rings (SSSR count). The highest BCUT2D eigenvalue weighted by Crippen LogP contribution is 2.27. The first-order valence-corrected chi connectivity index (χ1v) is 7.17. The SMILES string of the molecule is CSc1ncc(C(O)c2ccc3ccccc3c2)o1. The maximum atomic E-state index is 10.3.